The number of ketones is 1. The maximum Gasteiger partial charge on any atom is 0.340 e. The second kappa shape index (κ2) is 10.5. The second-order valence-electron chi connectivity index (χ2n) is 7.74. The summed E-state index contributed by atoms with van der Waals surface area (Å²) in [6.45, 7) is 3.58. The monoisotopic (exact) mass is 492 g/mol. The fourth-order valence-electron chi connectivity index (χ4n) is 3.49. The Balaban J connectivity index is 1.75. The first kappa shape index (κ1) is 24.9. The molecular formula is C23H25ClN2O6S. The van der Waals surface area contributed by atoms with E-state index >= 15 is 0 Å². The number of sulfonamides is 1. The number of carbonyl (C=O) groups excluding carboxylic acids is 3. The molecule has 0 saturated carbocycles. The van der Waals surface area contributed by atoms with E-state index in [4.69, 9.17) is 16.3 Å². The van der Waals surface area contributed by atoms with Crippen molar-refractivity contribution in [1.82, 2.24) is 4.31 Å². The molecule has 176 valence electrons. The highest BCUT2D eigenvalue weighted by atomic mass is 35.5. The van der Waals surface area contributed by atoms with E-state index < -0.39 is 28.0 Å². The van der Waals surface area contributed by atoms with E-state index in [1.165, 1.54) is 36.4 Å². The Hall–Kier alpha value is -2.75. The van der Waals surface area contributed by atoms with Gasteiger partial charge in [-0.05, 0) is 57.0 Å². The molecular weight excluding hydrogens is 468 g/mol. The number of carbonyl (C=O) groups is 3. The summed E-state index contributed by atoms with van der Waals surface area (Å²) in [7, 11) is -3.78. The SMILES string of the molecule is CC(=O)c1ccccc1NC(=O)C(C)OC(=O)c1cc(S(=O)(=O)N2CCCCC2)ccc1Cl. The molecule has 0 bridgehead atoms. The first-order chi connectivity index (χ1) is 15.6. The van der Waals surface area contributed by atoms with Gasteiger partial charge in [0.2, 0.25) is 10.0 Å². The lowest BCUT2D eigenvalue weighted by molar-refractivity contribution is -0.123. The number of Topliss-reactive ketones (excluding diaryl/α,β-unsaturated/α-hetero) is 1. The maximum absolute atomic E-state index is 12.9. The summed E-state index contributed by atoms with van der Waals surface area (Å²) in [5.41, 5.74) is 0.465. The fraction of sp³-hybridized carbons (Fsp3) is 0.348. The number of hydrogen-bond acceptors (Lipinski definition) is 6. The van der Waals surface area contributed by atoms with Gasteiger partial charge in [-0.3, -0.25) is 9.59 Å². The molecule has 10 heteroatoms. The highest BCUT2D eigenvalue weighted by Crippen LogP contribution is 2.26. The zero-order chi connectivity index (χ0) is 24.2. The zero-order valence-electron chi connectivity index (χ0n) is 18.3. The Labute approximate surface area is 197 Å². The molecule has 33 heavy (non-hydrogen) atoms. The summed E-state index contributed by atoms with van der Waals surface area (Å²) < 4.78 is 32.5. The van der Waals surface area contributed by atoms with Crippen LogP contribution < -0.4 is 5.32 Å². The highest BCUT2D eigenvalue weighted by Gasteiger charge is 2.28. The highest BCUT2D eigenvalue weighted by molar-refractivity contribution is 7.89. The van der Waals surface area contributed by atoms with E-state index in [1.807, 2.05) is 0 Å². The molecule has 1 fully saturated rings. The summed E-state index contributed by atoms with van der Waals surface area (Å²) >= 11 is 6.13. The van der Waals surface area contributed by atoms with Crippen molar-refractivity contribution in [3.05, 3.63) is 58.6 Å². The number of nitrogens with zero attached hydrogens (tertiary/aromatic N) is 1. The smallest absolute Gasteiger partial charge is 0.340 e. The lowest BCUT2D eigenvalue weighted by atomic mass is 10.1. The van der Waals surface area contributed by atoms with Gasteiger partial charge >= 0.3 is 5.97 Å². The largest absolute Gasteiger partial charge is 0.449 e. The Bertz CT molecular complexity index is 1180. The molecule has 1 unspecified atom stereocenters. The molecule has 1 aliphatic heterocycles. The first-order valence-corrected chi connectivity index (χ1v) is 12.3. The molecule has 0 spiro atoms. The molecule has 2 aromatic carbocycles. The number of ether oxygens (including phenoxy) is 1. The Kier molecular flexibility index (Phi) is 7.88. The topological polar surface area (TPSA) is 110 Å². The molecule has 1 saturated heterocycles. The number of benzene rings is 2. The van der Waals surface area contributed by atoms with Crippen LogP contribution >= 0.6 is 11.6 Å². The van der Waals surface area contributed by atoms with Crippen molar-refractivity contribution < 1.29 is 27.5 Å². The Morgan fingerprint density at radius 2 is 1.70 bits per heavy atom. The van der Waals surface area contributed by atoms with E-state index in [0.29, 0.717) is 24.3 Å². The van der Waals surface area contributed by atoms with Crippen LogP contribution in [0.15, 0.2) is 47.4 Å². The van der Waals surface area contributed by atoms with Crippen LogP contribution in [0, 0.1) is 0 Å². The lowest BCUT2D eigenvalue weighted by Gasteiger charge is -2.26. The van der Waals surface area contributed by atoms with Gasteiger partial charge in [0.25, 0.3) is 5.91 Å². The van der Waals surface area contributed by atoms with Gasteiger partial charge in [-0.1, -0.05) is 30.2 Å². The van der Waals surface area contributed by atoms with Crippen LogP contribution in [0.3, 0.4) is 0 Å². The van der Waals surface area contributed by atoms with Crippen LogP contribution in [0.4, 0.5) is 5.69 Å². The molecule has 1 atom stereocenters. The standard InChI is InChI=1S/C23H25ClN2O6S/c1-15(27)18-8-4-5-9-21(18)25-22(28)16(2)32-23(29)19-14-17(10-11-20(19)24)33(30,31)26-12-6-3-7-13-26/h4-5,8-11,14,16H,3,6-7,12-13H2,1-2H3,(H,25,28). The van der Waals surface area contributed by atoms with Gasteiger partial charge in [-0.25, -0.2) is 13.2 Å². The van der Waals surface area contributed by atoms with Crippen LogP contribution in [0.1, 0.15) is 53.8 Å². The van der Waals surface area contributed by atoms with Crippen molar-refractivity contribution in [2.45, 2.75) is 44.1 Å². The van der Waals surface area contributed by atoms with Crippen molar-refractivity contribution >= 4 is 45.0 Å². The molecule has 1 aliphatic rings. The molecule has 0 aliphatic carbocycles. The lowest BCUT2D eigenvalue weighted by Crippen LogP contribution is -2.35. The third-order valence-corrected chi connectivity index (χ3v) is 7.55. The number of piperidine rings is 1. The summed E-state index contributed by atoms with van der Waals surface area (Å²) in [4.78, 5) is 36.9. The molecule has 2 aromatic rings. The van der Waals surface area contributed by atoms with E-state index in [0.717, 1.165) is 19.3 Å². The van der Waals surface area contributed by atoms with Crippen LogP contribution in [-0.2, 0) is 19.6 Å². The van der Waals surface area contributed by atoms with Crippen molar-refractivity contribution in [1.29, 1.82) is 0 Å². The van der Waals surface area contributed by atoms with Gasteiger partial charge in [0.05, 0.1) is 21.2 Å². The Morgan fingerprint density at radius 3 is 2.36 bits per heavy atom. The molecule has 0 aromatic heterocycles. The Morgan fingerprint density at radius 1 is 1.03 bits per heavy atom. The quantitative estimate of drug-likeness (QED) is 0.463. The van der Waals surface area contributed by atoms with Crippen LogP contribution in [-0.4, -0.2) is 49.6 Å². The summed E-state index contributed by atoms with van der Waals surface area (Å²) in [5, 5.41) is 2.58. The van der Waals surface area contributed by atoms with E-state index in [2.05, 4.69) is 5.32 Å². The number of anilines is 1. The minimum absolute atomic E-state index is 0.00660. The van der Waals surface area contributed by atoms with E-state index in [9.17, 15) is 22.8 Å². The average Bonchev–Trinajstić information content (AvgIpc) is 2.79. The number of nitrogens with one attached hydrogen (secondary N) is 1. The minimum Gasteiger partial charge on any atom is -0.449 e. The normalized spacial score (nSPS) is 15.5. The van der Waals surface area contributed by atoms with E-state index in [-0.39, 0.29) is 21.3 Å². The number of rotatable bonds is 7. The first-order valence-electron chi connectivity index (χ1n) is 10.5. The molecule has 8 nitrogen and oxygen atoms in total. The summed E-state index contributed by atoms with van der Waals surface area (Å²) in [6, 6.07) is 10.3. The van der Waals surface area contributed by atoms with E-state index in [1.54, 1.807) is 24.3 Å². The van der Waals surface area contributed by atoms with Gasteiger partial charge in [0.15, 0.2) is 11.9 Å². The molecule has 1 amide bonds. The van der Waals surface area contributed by atoms with Crippen molar-refractivity contribution in [3.63, 3.8) is 0 Å². The van der Waals surface area contributed by atoms with Gasteiger partial charge in [0, 0.05) is 18.7 Å². The zero-order valence-corrected chi connectivity index (χ0v) is 19.9. The van der Waals surface area contributed by atoms with Crippen molar-refractivity contribution in [2.75, 3.05) is 18.4 Å². The van der Waals surface area contributed by atoms with Crippen molar-refractivity contribution in [3.8, 4) is 0 Å². The number of amides is 1. The molecule has 0 radical (unpaired) electrons. The molecule has 3 rings (SSSR count). The predicted molar refractivity (Wildman–Crippen MR) is 124 cm³/mol. The van der Waals surface area contributed by atoms with Crippen LogP contribution in [0.25, 0.3) is 0 Å². The maximum atomic E-state index is 12.9. The van der Waals surface area contributed by atoms with Crippen molar-refractivity contribution in [2.24, 2.45) is 0 Å². The number of hydrogen-bond donors (Lipinski definition) is 1. The van der Waals surface area contributed by atoms with Crippen LogP contribution in [0.2, 0.25) is 5.02 Å². The third-order valence-electron chi connectivity index (χ3n) is 5.33. The van der Waals surface area contributed by atoms with Gasteiger partial charge in [-0.2, -0.15) is 4.31 Å². The summed E-state index contributed by atoms with van der Waals surface area (Å²) in [6.07, 6.45) is 1.31. The van der Waals surface area contributed by atoms with Gasteiger partial charge in [-0.15, -0.1) is 0 Å². The van der Waals surface area contributed by atoms with Gasteiger partial charge < -0.3 is 10.1 Å². The minimum atomic E-state index is -3.78. The fourth-order valence-corrected chi connectivity index (χ4v) is 5.23. The number of para-hydroxylation sites is 1. The van der Waals surface area contributed by atoms with Crippen LogP contribution in [0.5, 0.6) is 0 Å². The average molecular weight is 493 g/mol. The number of esters is 1. The van der Waals surface area contributed by atoms with Gasteiger partial charge in [0.1, 0.15) is 0 Å². The molecule has 1 N–H and O–H groups in total. The summed E-state index contributed by atoms with van der Waals surface area (Å²) in [5.74, 6) is -1.81. The second-order valence-corrected chi connectivity index (χ2v) is 10.1. The number of halogens is 1. The predicted octanol–water partition coefficient (Wildman–Crippen LogP) is 3.90. The molecule has 1 heterocycles. The third kappa shape index (κ3) is 5.79.